The molecule has 184 valence electrons. The second-order valence-corrected chi connectivity index (χ2v) is 10.5. The molecule has 1 aliphatic heterocycles. The van der Waals surface area contributed by atoms with E-state index in [9.17, 15) is 9.59 Å². The first kappa shape index (κ1) is 23.8. The van der Waals surface area contributed by atoms with E-state index < -0.39 is 0 Å². The van der Waals surface area contributed by atoms with E-state index in [0.29, 0.717) is 29.3 Å². The van der Waals surface area contributed by atoms with Crippen LogP contribution in [0.15, 0.2) is 66.7 Å². The molecule has 0 saturated heterocycles. The highest BCUT2D eigenvalue weighted by atomic mass is 16.2. The number of imidazole rings is 1. The van der Waals surface area contributed by atoms with Gasteiger partial charge < -0.3 is 9.88 Å². The molecule has 1 aliphatic rings. The van der Waals surface area contributed by atoms with Gasteiger partial charge in [0.25, 0.3) is 11.8 Å². The third kappa shape index (κ3) is 4.39. The first-order valence-electron chi connectivity index (χ1n) is 12.5. The summed E-state index contributed by atoms with van der Waals surface area (Å²) in [7, 11) is 1.70. The Morgan fingerprint density at radius 2 is 1.67 bits per heavy atom. The number of hydrogen-bond donors (Lipinski definition) is 1. The van der Waals surface area contributed by atoms with Crippen LogP contribution < -0.4 is 10.2 Å². The van der Waals surface area contributed by atoms with E-state index in [4.69, 9.17) is 4.98 Å². The number of aryl methyl sites for hydroxylation is 1. The number of fused-ring (bicyclic) bond motifs is 2. The number of carbonyl (C=O) groups is 2. The van der Waals surface area contributed by atoms with Gasteiger partial charge >= 0.3 is 0 Å². The molecule has 2 amide bonds. The minimum absolute atomic E-state index is 0.0327. The fourth-order valence-electron chi connectivity index (χ4n) is 4.86. The highest BCUT2D eigenvalue weighted by Crippen LogP contribution is 2.29. The standard InChI is InChI=1S/C30H32N4O2/c1-30(2,3)21-15-17-22(18-16-21)31-28(35)26-27(32-25-14-7-8-19-34(25)26)33(4)29(36)24-13-9-11-20-10-5-6-12-23(20)24/h5-6,9-13,15-18H,7-8,14,19H2,1-4H3,(H,31,35). The summed E-state index contributed by atoms with van der Waals surface area (Å²) in [6.07, 6.45) is 2.79. The fourth-order valence-corrected chi connectivity index (χ4v) is 4.86. The molecule has 1 aromatic heterocycles. The molecule has 0 saturated carbocycles. The van der Waals surface area contributed by atoms with Gasteiger partial charge in [-0.15, -0.1) is 0 Å². The molecule has 6 nitrogen and oxygen atoms in total. The van der Waals surface area contributed by atoms with Crippen LogP contribution in [0.25, 0.3) is 10.8 Å². The average molecular weight is 481 g/mol. The van der Waals surface area contributed by atoms with Crippen molar-refractivity contribution in [2.45, 2.75) is 52.0 Å². The Kier molecular flexibility index (Phi) is 6.12. The van der Waals surface area contributed by atoms with Gasteiger partial charge in [-0.05, 0) is 52.8 Å². The Balaban J connectivity index is 1.50. The number of rotatable bonds is 4. The Hall–Kier alpha value is -3.93. The van der Waals surface area contributed by atoms with Crippen molar-refractivity contribution in [3.05, 3.63) is 89.4 Å². The Morgan fingerprint density at radius 3 is 2.42 bits per heavy atom. The number of carbonyl (C=O) groups excluding carboxylic acids is 2. The van der Waals surface area contributed by atoms with Crippen LogP contribution in [0.3, 0.4) is 0 Å². The van der Waals surface area contributed by atoms with Crippen LogP contribution in [-0.2, 0) is 18.4 Å². The predicted molar refractivity (Wildman–Crippen MR) is 145 cm³/mol. The molecule has 0 spiro atoms. The molecule has 1 N–H and O–H groups in total. The van der Waals surface area contributed by atoms with Crippen LogP contribution >= 0.6 is 0 Å². The van der Waals surface area contributed by atoms with Gasteiger partial charge in [0, 0.05) is 31.3 Å². The van der Waals surface area contributed by atoms with Crippen molar-refractivity contribution in [3.8, 4) is 0 Å². The largest absolute Gasteiger partial charge is 0.322 e. The second-order valence-electron chi connectivity index (χ2n) is 10.5. The highest BCUT2D eigenvalue weighted by Gasteiger charge is 2.30. The highest BCUT2D eigenvalue weighted by molar-refractivity contribution is 6.16. The summed E-state index contributed by atoms with van der Waals surface area (Å²) in [5, 5.41) is 4.92. The number of benzene rings is 3. The van der Waals surface area contributed by atoms with Gasteiger partial charge in [-0.25, -0.2) is 4.98 Å². The monoisotopic (exact) mass is 480 g/mol. The van der Waals surface area contributed by atoms with Crippen LogP contribution in [0.2, 0.25) is 0 Å². The molecule has 0 atom stereocenters. The molecule has 4 aromatic rings. The fraction of sp³-hybridized carbons (Fsp3) is 0.300. The van der Waals surface area contributed by atoms with E-state index in [1.165, 1.54) is 10.5 Å². The lowest BCUT2D eigenvalue weighted by molar-refractivity contribution is 0.0993. The molecule has 3 aromatic carbocycles. The molecule has 0 radical (unpaired) electrons. The quantitative estimate of drug-likeness (QED) is 0.378. The van der Waals surface area contributed by atoms with E-state index in [2.05, 4.69) is 26.1 Å². The van der Waals surface area contributed by atoms with E-state index in [1.54, 1.807) is 7.05 Å². The predicted octanol–water partition coefficient (Wildman–Crippen LogP) is 6.20. The van der Waals surface area contributed by atoms with Crippen LogP contribution in [-0.4, -0.2) is 28.4 Å². The smallest absolute Gasteiger partial charge is 0.276 e. The minimum atomic E-state index is -0.258. The van der Waals surface area contributed by atoms with Crippen LogP contribution in [0, 0.1) is 0 Å². The van der Waals surface area contributed by atoms with Crippen LogP contribution in [0.1, 0.15) is 65.8 Å². The lowest BCUT2D eigenvalue weighted by atomic mass is 9.87. The average Bonchev–Trinajstić information content (AvgIpc) is 3.27. The topological polar surface area (TPSA) is 67.2 Å². The summed E-state index contributed by atoms with van der Waals surface area (Å²) in [4.78, 5) is 33.6. The van der Waals surface area contributed by atoms with Gasteiger partial charge in [0.2, 0.25) is 0 Å². The summed E-state index contributed by atoms with van der Waals surface area (Å²) < 4.78 is 1.98. The van der Waals surface area contributed by atoms with E-state index >= 15 is 0 Å². The number of amides is 2. The maximum Gasteiger partial charge on any atom is 0.276 e. The zero-order valence-electron chi connectivity index (χ0n) is 21.3. The van der Waals surface area contributed by atoms with Crippen LogP contribution in [0.4, 0.5) is 11.5 Å². The number of aromatic nitrogens is 2. The van der Waals surface area contributed by atoms with Gasteiger partial charge in [0.1, 0.15) is 5.82 Å². The van der Waals surface area contributed by atoms with Crippen LogP contribution in [0.5, 0.6) is 0 Å². The Morgan fingerprint density at radius 1 is 0.944 bits per heavy atom. The molecule has 6 heteroatoms. The second kappa shape index (κ2) is 9.26. The minimum Gasteiger partial charge on any atom is -0.322 e. The summed E-state index contributed by atoms with van der Waals surface area (Å²) in [5.41, 5.74) is 2.97. The Labute approximate surface area is 212 Å². The van der Waals surface area contributed by atoms with Gasteiger partial charge in [-0.2, -0.15) is 0 Å². The van der Waals surface area contributed by atoms with Crippen molar-refractivity contribution in [2.24, 2.45) is 0 Å². The van der Waals surface area contributed by atoms with Crippen molar-refractivity contribution in [1.29, 1.82) is 0 Å². The lowest BCUT2D eigenvalue weighted by Gasteiger charge is -2.20. The normalized spacial score (nSPS) is 13.3. The van der Waals surface area contributed by atoms with Gasteiger partial charge in [0.05, 0.1) is 0 Å². The number of nitrogens with zero attached hydrogens (tertiary/aromatic N) is 3. The van der Waals surface area contributed by atoms with E-state index in [-0.39, 0.29) is 17.2 Å². The first-order chi connectivity index (χ1) is 17.2. The molecular weight excluding hydrogens is 448 g/mol. The number of anilines is 2. The SMILES string of the molecule is CN(C(=O)c1cccc2ccccc12)c1nc2n(c1C(=O)Nc1ccc(C(C)(C)C)cc1)CCCC2. The third-order valence-electron chi connectivity index (χ3n) is 6.93. The summed E-state index contributed by atoms with van der Waals surface area (Å²) in [6.45, 7) is 7.20. The molecular formula is C30H32N4O2. The van der Waals surface area contributed by atoms with Crippen molar-refractivity contribution >= 4 is 34.1 Å². The molecule has 2 heterocycles. The zero-order chi connectivity index (χ0) is 25.4. The third-order valence-corrected chi connectivity index (χ3v) is 6.93. The number of hydrogen-bond acceptors (Lipinski definition) is 3. The molecule has 0 fully saturated rings. The molecule has 0 unspecified atom stereocenters. The summed E-state index contributed by atoms with van der Waals surface area (Å²) >= 11 is 0. The summed E-state index contributed by atoms with van der Waals surface area (Å²) in [5.74, 6) is 0.799. The van der Waals surface area contributed by atoms with Crippen molar-refractivity contribution in [1.82, 2.24) is 9.55 Å². The molecule has 0 bridgehead atoms. The van der Waals surface area contributed by atoms with Crippen molar-refractivity contribution < 1.29 is 9.59 Å². The zero-order valence-corrected chi connectivity index (χ0v) is 21.3. The first-order valence-corrected chi connectivity index (χ1v) is 12.5. The maximum absolute atomic E-state index is 13.7. The van der Waals surface area contributed by atoms with Crippen molar-refractivity contribution in [3.63, 3.8) is 0 Å². The lowest BCUT2D eigenvalue weighted by Crippen LogP contribution is -2.30. The van der Waals surface area contributed by atoms with Crippen molar-refractivity contribution in [2.75, 3.05) is 17.3 Å². The maximum atomic E-state index is 13.7. The molecule has 0 aliphatic carbocycles. The van der Waals surface area contributed by atoms with Gasteiger partial charge in [-0.1, -0.05) is 69.3 Å². The van der Waals surface area contributed by atoms with Gasteiger partial charge in [-0.3, -0.25) is 14.5 Å². The Bertz CT molecular complexity index is 1440. The summed E-state index contributed by atoms with van der Waals surface area (Å²) in [6, 6.07) is 21.5. The molecule has 5 rings (SSSR count). The van der Waals surface area contributed by atoms with E-state index in [0.717, 1.165) is 35.9 Å². The van der Waals surface area contributed by atoms with Gasteiger partial charge in [0.15, 0.2) is 11.5 Å². The molecule has 36 heavy (non-hydrogen) atoms. The number of nitrogens with one attached hydrogen (secondary N) is 1. The van der Waals surface area contributed by atoms with E-state index in [1.807, 2.05) is 71.3 Å².